The molecule has 12 heteroatoms. The fourth-order valence-corrected chi connectivity index (χ4v) is 13.4. The number of hydrogen-bond donors (Lipinski definition) is 6. The first-order chi connectivity index (χ1) is 41.1. The van der Waals surface area contributed by atoms with Crippen molar-refractivity contribution in [3.8, 4) is 0 Å². The summed E-state index contributed by atoms with van der Waals surface area (Å²) in [5.74, 6) is 0.937. The standard InChI is InChI=1S/C73H97N9O3/c1-49-61(58-22-10-13-25-64(58)74-49)46-70(83)67(28-16-19-43-80(4)5)77-55-37-31-52(32-38-55)73(53-33-39-56(40-34-53)78-68(29-17-20-44-81(6)7)71(84)47-62-50(2)75-65-26-14-11-23-59(62)65)54-35-41-57(42-36-54)79-69(30-18-21-45-82(8)9)72(85)48-63-51(3)76-66-27-15-12-24-60(63)66/h10-15,22-27,31-42,49-51,61-63,67-69,73-79H,16-21,28-30,43-48H2,1-9H3/t49?,50?,51?,61?,62?,63?,67-,68-,69-,73?/m0/s1. The Kier molecular flexibility index (Phi) is 22.0. The highest BCUT2D eigenvalue weighted by Crippen LogP contribution is 2.42. The number of anilines is 6. The van der Waals surface area contributed by atoms with Crippen molar-refractivity contribution in [3.63, 3.8) is 0 Å². The van der Waals surface area contributed by atoms with Gasteiger partial charge in [-0.05, 0) is 228 Å². The Morgan fingerprint density at radius 2 is 0.635 bits per heavy atom. The summed E-state index contributed by atoms with van der Waals surface area (Å²) in [6, 6.07) is 50.9. The minimum absolute atomic E-state index is 0.118. The number of benzene rings is 6. The van der Waals surface area contributed by atoms with E-state index in [-0.39, 0.29) is 77.3 Å². The Bertz CT molecular complexity index is 2780. The van der Waals surface area contributed by atoms with Gasteiger partial charge in [0, 0.05) is 95.2 Å². The molecule has 3 aliphatic rings. The van der Waals surface area contributed by atoms with Crippen molar-refractivity contribution in [2.45, 2.75) is 158 Å². The highest BCUT2D eigenvalue weighted by molar-refractivity contribution is 5.90. The van der Waals surface area contributed by atoms with Gasteiger partial charge in [0.25, 0.3) is 0 Å². The third-order valence-electron chi connectivity index (χ3n) is 18.3. The summed E-state index contributed by atoms with van der Waals surface area (Å²) in [5, 5.41) is 22.1. The van der Waals surface area contributed by atoms with Crippen LogP contribution < -0.4 is 31.9 Å². The Morgan fingerprint density at radius 1 is 0.376 bits per heavy atom. The fraction of sp³-hybridized carbons (Fsp3) is 0.466. The molecule has 0 bridgehead atoms. The molecular formula is C73H97N9O3. The van der Waals surface area contributed by atoms with E-state index in [1.54, 1.807) is 0 Å². The van der Waals surface area contributed by atoms with Crippen molar-refractivity contribution in [1.29, 1.82) is 0 Å². The van der Waals surface area contributed by atoms with Crippen LogP contribution in [0.15, 0.2) is 146 Å². The van der Waals surface area contributed by atoms with E-state index in [0.717, 1.165) is 128 Å². The van der Waals surface area contributed by atoms with Crippen molar-refractivity contribution in [3.05, 3.63) is 179 Å². The van der Waals surface area contributed by atoms with E-state index < -0.39 is 0 Å². The zero-order valence-corrected chi connectivity index (χ0v) is 52.3. The first-order valence-electron chi connectivity index (χ1n) is 31.8. The molecule has 452 valence electrons. The minimum atomic E-state index is -0.320. The maximum absolute atomic E-state index is 14.5. The Hall–Kier alpha value is -6.99. The Labute approximate surface area is 508 Å². The summed E-state index contributed by atoms with van der Waals surface area (Å²) >= 11 is 0. The highest BCUT2D eigenvalue weighted by Gasteiger charge is 2.36. The molecule has 9 rings (SSSR count). The summed E-state index contributed by atoms with van der Waals surface area (Å²) < 4.78 is 0. The van der Waals surface area contributed by atoms with E-state index in [0.29, 0.717) is 19.3 Å². The maximum Gasteiger partial charge on any atom is 0.155 e. The number of ketones is 3. The van der Waals surface area contributed by atoms with Gasteiger partial charge >= 0.3 is 0 Å². The number of fused-ring (bicyclic) bond motifs is 3. The molecule has 0 saturated carbocycles. The summed E-state index contributed by atoms with van der Waals surface area (Å²) in [6.45, 7) is 9.50. The van der Waals surface area contributed by atoms with Gasteiger partial charge in [-0.2, -0.15) is 0 Å². The van der Waals surface area contributed by atoms with Crippen LogP contribution in [0.5, 0.6) is 0 Å². The predicted molar refractivity (Wildman–Crippen MR) is 355 cm³/mol. The van der Waals surface area contributed by atoms with Crippen molar-refractivity contribution in [2.75, 3.05) is 93.8 Å². The van der Waals surface area contributed by atoms with E-state index in [1.165, 1.54) is 16.7 Å². The number of nitrogens with zero attached hydrogens (tertiary/aromatic N) is 3. The second-order valence-corrected chi connectivity index (χ2v) is 25.7. The molecule has 0 radical (unpaired) electrons. The van der Waals surface area contributed by atoms with Crippen LogP contribution in [-0.4, -0.2) is 130 Å². The van der Waals surface area contributed by atoms with Gasteiger partial charge in [0.2, 0.25) is 0 Å². The molecule has 6 aromatic rings. The molecular weight excluding hydrogens is 1050 g/mol. The van der Waals surface area contributed by atoms with Gasteiger partial charge in [-0.25, -0.2) is 0 Å². The van der Waals surface area contributed by atoms with E-state index >= 15 is 0 Å². The van der Waals surface area contributed by atoms with Gasteiger partial charge in [0.1, 0.15) is 0 Å². The zero-order valence-electron chi connectivity index (χ0n) is 52.3. The smallest absolute Gasteiger partial charge is 0.155 e. The lowest BCUT2D eigenvalue weighted by Gasteiger charge is -2.25. The monoisotopic (exact) mass is 1150 g/mol. The molecule has 3 heterocycles. The van der Waals surface area contributed by atoms with Gasteiger partial charge in [-0.1, -0.05) is 91.0 Å². The molecule has 3 aliphatic heterocycles. The molecule has 0 aromatic heterocycles. The van der Waals surface area contributed by atoms with Crippen LogP contribution in [0.1, 0.15) is 155 Å². The molecule has 9 atom stereocenters. The number of nitrogens with one attached hydrogen (secondary N) is 6. The molecule has 0 amide bonds. The van der Waals surface area contributed by atoms with Crippen molar-refractivity contribution >= 4 is 51.5 Å². The van der Waals surface area contributed by atoms with Crippen LogP contribution in [0.25, 0.3) is 0 Å². The molecule has 6 unspecified atom stereocenters. The lowest BCUT2D eigenvalue weighted by Crippen LogP contribution is -2.32. The number of rotatable bonds is 33. The van der Waals surface area contributed by atoms with Gasteiger partial charge < -0.3 is 46.6 Å². The number of para-hydroxylation sites is 3. The first-order valence-corrected chi connectivity index (χ1v) is 31.8. The normalized spacial score (nSPS) is 19.9. The number of carbonyl (C=O) groups excluding carboxylic acids is 3. The Balaban J connectivity index is 0.978. The van der Waals surface area contributed by atoms with E-state index in [4.69, 9.17) is 0 Å². The average Bonchev–Trinajstić information content (AvgIpc) is 3.00. The Morgan fingerprint density at radius 3 is 0.894 bits per heavy atom. The van der Waals surface area contributed by atoms with Crippen LogP contribution in [-0.2, 0) is 14.4 Å². The van der Waals surface area contributed by atoms with Crippen molar-refractivity contribution < 1.29 is 14.4 Å². The van der Waals surface area contributed by atoms with Gasteiger partial charge in [-0.15, -0.1) is 0 Å². The maximum atomic E-state index is 14.5. The number of carbonyl (C=O) groups is 3. The number of unbranched alkanes of at least 4 members (excludes halogenated alkanes) is 3. The van der Waals surface area contributed by atoms with Crippen LogP contribution >= 0.6 is 0 Å². The van der Waals surface area contributed by atoms with Crippen LogP contribution in [0.3, 0.4) is 0 Å². The lowest BCUT2D eigenvalue weighted by atomic mass is 9.84. The highest BCUT2D eigenvalue weighted by atomic mass is 16.1. The minimum Gasteiger partial charge on any atom is -0.382 e. The van der Waals surface area contributed by atoms with E-state index in [1.807, 2.05) is 0 Å². The summed E-state index contributed by atoms with van der Waals surface area (Å²) in [6.07, 6.45) is 9.59. The topological polar surface area (TPSA) is 133 Å². The average molecular weight is 1150 g/mol. The molecule has 12 nitrogen and oxygen atoms in total. The van der Waals surface area contributed by atoms with E-state index in [2.05, 4.69) is 255 Å². The molecule has 0 aliphatic carbocycles. The third-order valence-corrected chi connectivity index (χ3v) is 18.3. The fourth-order valence-electron chi connectivity index (χ4n) is 13.4. The molecule has 6 N–H and O–H groups in total. The van der Waals surface area contributed by atoms with Gasteiger partial charge in [0.15, 0.2) is 17.3 Å². The van der Waals surface area contributed by atoms with Crippen LogP contribution in [0.2, 0.25) is 0 Å². The zero-order chi connectivity index (χ0) is 60.0. The van der Waals surface area contributed by atoms with Crippen LogP contribution in [0.4, 0.5) is 34.1 Å². The number of Topliss-reactive ketones (excluding diaryl/α,β-unsaturated/α-hetero) is 3. The van der Waals surface area contributed by atoms with Crippen molar-refractivity contribution in [1.82, 2.24) is 14.7 Å². The molecule has 0 fully saturated rings. The number of hydrogen-bond acceptors (Lipinski definition) is 12. The van der Waals surface area contributed by atoms with E-state index in [9.17, 15) is 14.4 Å². The van der Waals surface area contributed by atoms with Crippen LogP contribution in [0, 0.1) is 0 Å². The predicted octanol–water partition coefficient (Wildman–Crippen LogP) is 14.1. The largest absolute Gasteiger partial charge is 0.382 e. The third kappa shape index (κ3) is 16.7. The molecule has 0 spiro atoms. The SMILES string of the molecule is CC1Nc2ccccc2C1CC(=O)[C@H](CCCCN(C)C)Nc1ccc(C(c2ccc(N[C@@H](CCCCN(C)C)C(=O)CC3c4ccccc4NC3C)cc2)c2ccc(N[C@@H](CCCCN(C)C)C(=O)CC3c4ccccc4NC3C)cc2)cc1. The molecule has 6 aromatic carbocycles. The quantitative estimate of drug-likeness (QED) is 0.0173. The van der Waals surface area contributed by atoms with Gasteiger partial charge in [-0.3, -0.25) is 14.4 Å². The van der Waals surface area contributed by atoms with Gasteiger partial charge in [0.05, 0.1) is 18.1 Å². The summed E-state index contributed by atoms with van der Waals surface area (Å²) in [4.78, 5) is 50.1. The molecule has 85 heavy (non-hydrogen) atoms. The molecule has 0 saturated heterocycles. The summed E-state index contributed by atoms with van der Waals surface area (Å²) in [7, 11) is 12.6. The lowest BCUT2D eigenvalue weighted by molar-refractivity contribution is -0.121. The second kappa shape index (κ2) is 29.9. The first kappa shape index (κ1) is 62.5. The summed E-state index contributed by atoms with van der Waals surface area (Å²) in [5.41, 5.74) is 13.2. The van der Waals surface area contributed by atoms with Crippen molar-refractivity contribution in [2.24, 2.45) is 0 Å². The second-order valence-electron chi connectivity index (χ2n) is 25.7.